The molecule has 3 heteroatoms. The van der Waals surface area contributed by atoms with E-state index in [1.165, 1.54) is 0 Å². The second-order valence-electron chi connectivity index (χ2n) is 2.61. The molecule has 0 fully saturated rings. The van der Waals surface area contributed by atoms with Crippen LogP contribution < -0.4 is 4.90 Å². The van der Waals surface area contributed by atoms with Gasteiger partial charge in [-0.2, -0.15) is 5.26 Å². The van der Waals surface area contributed by atoms with E-state index in [1.807, 2.05) is 12.1 Å². The Morgan fingerprint density at radius 3 is 2.54 bits per heavy atom. The van der Waals surface area contributed by atoms with E-state index < -0.39 is 0 Å². The molecule has 0 atom stereocenters. The van der Waals surface area contributed by atoms with Crippen LogP contribution in [0.3, 0.4) is 0 Å². The molecule has 0 aliphatic rings. The van der Waals surface area contributed by atoms with E-state index in [0.29, 0.717) is 5.56 Å². The van der Waals surface area contributed by atoms with E-state index in [4.69, 9.17) is 5.26 Å². The molecule has 0 N–H and O–H groups in total. The highest BCUT2D eigenvalue weighted by molar-refractivity contribution is 5.40. The third-order valence-corrected chi connectivity index (χ3v) is 1.90. The zero-order chi connectivity index (χ0) is 9.68. The van der Waals surface area contributed by atoms with Crippen LogP contribution in [0.15, 0.2) is 12.1 Å². The smallest absolute Gasteiger partial charge is 0.129 e. The average molecular weight is 174 g/mol. The summed E-state index contributed by atoms with van der Waals surface area (Å²) in [4.78, 5) is 6.18. The highest BCUT2D eigenvalue weighted by Crippen LogP contribution is 2.09. The Bertz CT molecular complexity index is 293. The third-order valence-electron chi connectivity index (χ3n) is 1.90. The molecule has 1 aromatic heterocycles. The van der Waals surface area contributed by atoms with Crippen LogP contribution in [0.5, 0.6) is 0 Å². The maximum atomic E-state index is 8.55. The molecule has 0 saturated heterocycles. The summed E-state index contributed by atoms with van der Waals surface area (Å²) in [6.07, 6.45) is 2.68. The fraction of sp³-hybridized carbons (Fsp3) is 0.400. The Morgan fingerprint density at radius 2 is 2.15 bits per heavy atom. The van der Waals surface area contributed by atoms with E-state index in [2.05, 4.69) is 29.9 Å². The van der Waals surface area contributed by atoms with Crippen LogP contribution in [-0.2, 0) is 0 Å². The summed E-state index contributed by atoms with van der Waals surface area (Å²) in [6, 6.07) is 5.58. The predicted octanol–water partition coefficient (Wildman–Crippen LogP) is 1.60. The second-order valence-corrected chi connectivity index (χ2v) is 2.61. The average Bonchev–Trinajstić information content (AvgIpc) is 2.21. The molecule has 13 heavy (non-hydrogen) atoms. The van der Waals surface area contributed by atoms with Crippen molar-refractivity contribution in [2.24, 2.45) is 0 Å². The Hall–Kier alpha value is -1.56. The van der Waals surface area contributed by atoms with Crippen LogP contribution in [-0.4, -0.2) is 18.1 Å². The highest BCUT2D eigenvalue weighted by Gasteiger charge is 2.02. The van der Waals surface area contributed by atoms with Gasteiger partial charge in [-0.3, -0.25) is 0 Å². The standard InChI is InChI=1S/C10H12N3/c1-3-13(4-2)10-6-5-9(7-11)8-12-10/h5-6H,3-4H2,1-2H3. The van der Waals surface area contributed by atoms with Gasteiger partial charge in [-0.1, -0.05) is 0 Å². The van der Waals surface area contributed by atoms with Gasteiger partial charge in [0.05, 0.1) is 5.56 Å². The molecule has 0 saturated carbocycles. The molecule has 1 heterocycles. The van der Waals surface area contributed by atoms with Crippen molar-refractivity contribution >= 4 is 5.82 Å². The van der Waals surface area contributed by atoms with Gasteiger partial charge >= 0.3 is 0 Å². The Labute approximate surface area is 78.6 Å². The van der Waals surface area contributed by atoms with Crippen molar-refractivity contribution in [1.29, 1.82) is 5.26 Å². The number of anilines is 1. The van der Waals surface area contributed by atoms with Gasteiger partial charge in [0, 0.05) is 13.1 Å². The minimum Gasteiger partial charge on any atom is -0.357 e. The molecule has 0 unspecified atom stereocenters. The molecule has 3 nitrogen and oxygen atoms in total. The lowest BCUT2D eigenvalue weighted by Gasteiger charge is -2.18. The first-order valence-corrected chi connectivity index (χ1v) is 4.35. The third kappa shape index (κ3) is 2.19. The summed E-state index contributed by atoms with van der Waals surface area (Å²) in [5.41, 5.74) is 0.482. The fourth-order valence-corrected chi connectivity index (χ4v) is 1.14. The zero-order valence-electron chi connectivity index (χ0n) is 7.91. The lowest BCUT2D eigenvalue weighted by Crippen LogP contribution is -2.22. The molecule has 0 bridgehead atoms. The number of nitrogens with zero attached hydrogens (tertiary/aromatic N) is 3. The SMILES string of the molecule is CCN(CC)c1ccc(C#N)[c]n1. The molecule has 0 amide bonds. The summed E-state index contributed by atoms with van der Waals surface area (Å²) < 4.78 is 0. The lowest BCUT2D eigenvalue weighted by molar-refractivity contribution is 0.845. The number of hydrogen-bond donors (Lipinski definition) is 0. The largest absolute Gasteiger partial charge is 0.357 e. The van der Waals surface area contributed by atoms with Crippen LogP contribution in [0.4, 0.5) is 5.82 Å². The minimum atomic E-state index is 0.482. The van der Waals surface area contributed by atoms with Crippen molar-refractivity contribution in [2.75, 3.05) is 18.0 Å². The first-order chi connectivity index (χ1) is 6.31. The molecule has 0 aromatic carbocycles. The van der Waals surface area contributed by atoms with E-state index >= 15 is 0 Å². The van der Waals surface area contributed by atoms with Crippen molar-refractivity contribution in [3.8, 4) is 6.07 Å². The lowest BCUT2D eigenvalue weighted by atomic mass is 10.3. The molecule has 0 spiro atoms. The monoisotopic (exact) mass is 174 g/mol. The number of aromatic nitrogens is 1. The van der Waals surface area contributed by atoms with Crippen molar-refractivity contribution in [1.82, 2.24) is 4.98 Å². The van der Waals surface area contributed by atoms with Gasteiger partial charge in [0.25, 0.3) is 0 Å². The molecule has 1 rings (SSSR count). The maximum absolute atomic E-state index is 8.55. The topological polar surface area (TPSA) is 39.9 Å². The summed E-state index contributed by atoms with van der Waals surface area (Å²) in [6.45, 7) is 5.99. The second kappa shape index (κ2) is 4.46. The van der Waals surface area contributed by atoms with Gasteiger partial charge in [-0.05, 0) is 26.0 Å². The number of nitriles is 1. The summed E-state index contributed by atoms with van der Waals surface area (Å²) in [5, 5.41) is 8.55. The normalized spacial score (nSPS) is 9.31. The minimum absolute atomic E-state index is 0.482. The van der Waals surface area contributed by atoms with Crippen LogP contribution >= 0.6 is 0 Å². The van der Waals surface area contributed by atoms with E-state index in [9.17, 15) is 0 Å². The number of hydrogen-bond acceptors (Lipinski definition) is 3. The molecule has 0 aliphatic carbocycles. The van der Waals surface area contributed by atoms with Crippen LogP contribution in [0.25, 0.3) is 0 Å². The molecule has 0 aliphatic heterocycles. The first-order valence-electron chi connectivity index (χ1n) is 4.35. The Balaban J connectivity index is 2.85. The van der Waals surface area contributed by atoms with Gasteiger partial charge in [-0.25, -0.2) is 4.98 Å². The zero-order valence-corrected chi connectivity index (χ0v) is 7.91. The highest BCUT2D eigenvalue weighted by atomic mass is 15.2. The van der Waals surface area contributed by atoms with E-state index in [-0.39, 0.29) is 0 Å². The van der Waals surface area contributed by atoms with Crippen molar-refractivity contribution in [3.63, 3.8) is 0 Å². The Morgan fingerprint density at radius 1 is 1.46 bits per heavy atom. The maximum Gasteiger partial charge on any atom is 0.129 e. The van der Waals surface area contributed by atoms with Crippen molar-refractivity contribution < 1.29 is 0 Å². The quantitative estimate of drug-likeness (QED) is 0.698. The van der Waals surface area contributed by atoms with Crippen molar-refractivity contribution in [3.05, 3.63) is 23.9 Å². The summed E-state index contributed by atoms with van der Waals surface area (Å²) in [7, 11) is 0. The number of rotatable bonds is 3. The molecular weight excluding hydrogens is 162 g/mol. The van der Waals surface area contributed by atoms with Gasteiger partial charge in [0.2, 0.25) is 0 Å². The van der Waals surface area contributed by atoms with Gasteiger partial charge in [0.15, 0.2) is 0 Å². The Kier molecular flexibility index (Phi) is 3.27. The van der Waals surface area contributed by atoms with Crippen LogP contribution in [0.2, 0.25) is 0 Å². The molecule has 1 aromatic rings. The van der Waals surface area contributed by atoms with Gasteiger partial charge in [-0.15, -0.1) is 0 Å². The predicted molar refractivity (Wildman–Crippen MR) is 51.3 cm³/mol. The molecular formula is C10H12N3. The fourth-order valence-electron chi connectivity index (χ4n) is 1.14. The van der Waals surface area contributed by atoms with Gasteiger partial charge in [0.1, 0.15) is 18.1 Å². The van der Waals surface area contributed by atoms with Crippen LogP contribution in [0.1, 0.15) is 19.4 Å². The molecule has 1 radical (unpaired) electrons. The number of pyridine rings is 1. The van der Waals surface area contributed by atoms with Gasteiger partial charge < -0.3 is 4.90 Å². The van der Waals surface area contributed by atoms with E-state index in [1.54, 1.807) is 6.07 Å². The summed E-state index contributed by atoms with van der Waals surface area (Å²) in [5.74, 6) is 0.879. The van der Waals surface area contributed by atoms with E-state index in [0.717, 1.165) is 18.9 Å². The first kappa shape index (κ1) is 9.53. The molecule has 67 valence electrons. The van der Waals surface area contributed by atoms with Crippen molar-refractivity contribution in [2.45, 2.75) is 13.8 Å². The van der Waals surface area contributed by atoms with Crippen LogP contribution in [0, 0.1) is 17.5 Å². The summed E-state index contributed by atoms with van der Waals surface area (Å²) >= 11 is 0.